The van der Waals surface area contributed by atoms with Crippen molar-refractivity contribution in [2.45, 2.75) is 11.3 Å². The maximum Gasteiger partial charge on any atom is 0.179 e. The topological polar surface area (TPSA) is 82.8 Å². The summed E-state index contributed by atoms with van der Waals surface area (Å²) >= 11 is 0. The highest BCUT2D eigenvalue weighted by Crippen LogP contribution is 2.38. The number of nitrogens with zero attached hydrogens (tertiary/aromatic N) is 2. The van der Waals surface area contributed by atoms with Crippen LogP contribution in [0.25, 0.3) is 10.9 Å². The van der Waals surface area contributed by atoms with Crippen molar-refractivity contribution in [3.8, 4) is 6.07 Å². The Labute approximate surface area is 143 Å². The molecule has 0 aliphatic carbocycles. The molecule has 0 unspecified atom stereocenters. The van der Waals surface area contributed by atoms with Gasteiger partial charge in [0.1, 0.15) is 11.9 Å². The first kappa shape index (κ1) is 15.5. The summed E-state index contributed by atoms with van der Waals surface area (Å²) in [6.07, 6.45) is 1.83. The highest BCUT2D eigenvalue weighted by atomic mass is 32.2. The summed E-state index contributed by atoms with van der Waals surface area (Å²) in [7, 11) is -3.30. The molecule has 0 amide bonds. The monoisotopic (exact) mass is 353 g/mol. The lowest BCUT2D eigenvalue weighted by atomic mass is 10.0. The van der Waals surface area contributed by atoms with Gasteiger partial charge in [-0.05, 0) is 48.4 Å². The minimum atomic E-state index is -3.30. The Morgan fingerprint density at radius 3 is 2.64 bits per heavy atom. The normalized spacial score (nSPS) is 14.9. The highest BCUT2D eigenvalue weighted by Gasteiger charge is 2.29. The first-order valence-corrected chi connectivity index (χ1v) is 9.25. The number of hydrogen-bond acceptors (Lipinski definition) is 5. The third-order valence-corrected chi connectivity index (χ3v) is 6.08. The maximum absolute atomic E-state index is 13.1. The number of rotatable bonds is 2. The van der Waals surface area contributed by atoms with Gasteiger partial charge in [0.2, 0.25) is 0 Å². The standard InChI is InChI=1S/C18H12FN3O2S/c19-12-1-3-13(4-2-12)22-18-11(9-20)10-21-15-5-6-16-14(17(15)18)7-8-25(16,23)24/h1-6,10H,7-8H2,(H,21,22). The number of benzene rings is 2. The van der Waals surface area contributed by atoms with Gasteiger partial charge in [-0.2, -0.15) is 5.26 Å². The second-order valence-corrected chi connectivity index (χ2v) is 7.87. The number of sulfone groups is 1. The maximum atomic E-state index is 13.1. The molecule has 4 rings (SSSR count). The fraction of sp³-hybridized carbons (Fsp3) is 0.111. The van der Waals surface area contributed by atoms with E-state index in [1.165, 1.54) is 18.3 Å². The molecule has 2 heterocycles. The zero-order valence-electron chi connectivity index (χ0n) is 13.0. The van der Waals surface area contributed by atoms with Gasteiger partial charge in [-0.1, -0.05) is 0 Å². The van der Waals surface area contributed by atoms with E-state index in [9.17, 15) is 18.1 Å². The molecule has 124 valence electrons. The lowest BCUT2D eigenvalue weighted by Gasteiger charge is -2.14. The first-order chi connectivity index (χ1) is 12.0. The molecule has 0 saturated carbocycles. The number of nitrogens with one attached hydrogen (secondary N) is 1. The van der Waals surface area contributed by atoms with E-state index in [4.69, 9.17) is 0 Å². The van der Waals surface area contributed by atoms with Gasteiger partial charge in [0, 0.05) is 17.3 Å². The molecule has 5 nitrogen and oxygen atoms in total. The zero-order valence-corrected chi connectivity index (χ0v) is 13.8. The third kappa shape index (κ3) is 2.51. The van der Waals surface area contributed by atoms with E-state index < -0.39 is 9.84 Å². The fourth-order valence-corrected chi connectivity index (χ4v) is 4.66. The number of aryl methyl sites for hydroxylation is 1. The number of hydrogen-bond donors (Lipinski definition) is 1. The first-order valence-electron chi connectivity index (χ1n) is 7.59. The molecule has 0 radical (unpaired) electrons. The summed E-state index contributed by atoms with van der Waals surface area (Å²) in [6.45, 7) is 0. The molecule has 0 atom stereocenters. The molecule has 0 spiro atoms. The molecule has 7 heteroatoms. The number of aromatic nitrogens is 1. The van der Waals surface area contributed by atoms with Crippen molar-refractivity contribution in [1.29, 1.82) is 5.26 Å². The van der Waals surface area contributed by atoms with E-state index in [2.05, 4.69) is 16.4 Å². The Morgan fingerprint density at radius 1 is 1.16 bits per heavy atom. The highest BCUT2D eigenvalue weighted by molar-refractivity contribution is 7.91. The van der Waals surface area contributed by atoms with Crippen LogP contribution in [0, 0.1) is 17.1 Å². The van der Waals surface area contributed by atoms with E-state index in [-0.39, 0.29) is 11.6 Å². The van der Waals surface area contributed by atoms with Crippen LogP contribution in [0.5, 0.6) is 0 Å². The molecule has 3 aromatic rings. The molecular formula is C18H12FN3O2S. The van der Waals surface area contributed by atoms with E-state index in [0.717, 1.165) is 0 Å². The van der Waals surface area contributed by atoms with Crippen LogP contribution in [0.3, 0.4) is 0 Å². The minimum Gasteiger partial charge on any atom is -0.354 e. The minimum absolute atomic E-state index is 0.0498. The van der Waals surface area contributed by atoms with Crippen LogP contribution in [-0.2, 0) is 16.3 Å². The van der Waals surface area contributed by atoms with Crippen molar-refractivity contribution in [1.82, 2.24) is 4.98 Å². The van der Waals surface area contributed by atoms with Crippen LogP contribution in [0.1, 0.15) is 11.1 Å². The molecule has 0 bridgehead atoms. The Balaban J connectivity index is 2.00. The predicted octanol–water partition coefficient (Wildman–Crippen LogP) is 3.32. The van der Waals surface area contributed by atoms with Crippen LogP contribution in [0.15, 0.2) is 47.5 Å². The van der Waals surface area contributed by atoms with Gasteiger partial charge < -0.3 is 5.32 Å². The van der Waals surface area contributed by atoms with Crippen molar-refractivity contribution in [2.24, 2.45) is 0 Å². The summed E-state index contributed by atoms with van der Waals surface area (Å²) < 4.78 is 37.6. The van der Waals surface area contributed by atoms with Crippen LogP contribution >= 0.6 is 0 Å². The van der Waals surface area contributed by atoms with Gasteiger partial charge in [-0.15, -0.1) is 0 Å². The van der Waals surface area contributed by atoms with Crippen LogP contribution in [-0.4, -0.2) is 19.2 Å². The SMILES string of the molecule is N#Cc1cnc2ccc3c(c2c1Nc1ccc(F)cc1)CCS3(=O)=O. The number of nitriles is 1. The van der Waals surface area contributed by atoms with Crippen LogP contribution in [0.2, 0.25) is 0 Å². The van der Waals surface area contributed by atoms with Gasteiger partial charge in [0.05, 0.1) is 27.4 Å². The van der Waals surface area contributed by atoms with Gasteiger partial charge in [-0.3, -0.25) is 4.98 Å². The summed E-state index contributed by atoms with van der Waals surface area (Å²) in [5.41, 5.74) is 2.68. The number of halogens is 1. The molecule has 1 aromatic heterocycles. The third-order valence-electron chi connectivity index (χ3n) is 4.29. The largest absolute Gasteiger partial charge is 0.354 e. The van der Waals surface area contributed by atoms with E-state index in [0.29, 0.717) is 44.7 Å². The lowest BCUT2D eigenvalue weighted by Crippen LogP contribution is -2.00. The Bertz CT molecular complexity index is 1150. The molecule has 2 aromatic carbocycles. The van der Waals surface area contributed by atoms with Gasteiger partial charge in [0.25, 0.3) is 0 Å². The molecule has 0 fully saturated rings. The summed E-state index contributed by atoms with van der Waals surface area (Å²) in [6, 6.07) is 11.0. The van der Waals surface area contributed by atoms with E-state index >= 15 is 0 Å². The van der Waals surface area contributed by atoms with Gasteiger partial charge in [-0.25, -0.2) is 12.8 Å². The van der Waals surface area contributed by atoms with Gasteiger partial charge >= 0.3 is 0 Å². The molecule has 25 heavy (non-hydrogen) atoms. The number of fused-ring (bicyclic) bond motifs is 3. The van der Waals surface area contributed by atoms with Gasteiger partial charge in [0.15, 0.2) is 9.84 Å². The molecule has 1 aliphatic rings. The van der Waals surface area contributed by atoms with Crippen molar-refractivity contribution in [3.05, 3.63) is 59.5 Å². The van der Waals surface area contributed by atoms with Crippen LogP contribution in [0.4, 0.5) is 15.8 Å². The summed E-state index contributed by atoms with van der Waals surface area (Å²) in [5.74, 6) is -0.313. The number of pyridine rings is 1. The Hall–Kier alpha value is -2.98. The zero-order chi connectivity index (χ0) is 17.6. The quantitative estimate of drug-likeness (QED) is 0.764. The van der Waals surface area contributed by atoms with Crippen molar-refractivity contribution >= 4 is 32.1 Å². The average Bonchev–Trinajstić information content (AvgIpc) is 2.92. The second kappa shape index (κ2) is 5.53. The van der Waals surface area contributed by atoms with Crippen LogP contribution < -0.4 is 5.32 Å². The summed E-state index contributed by atoms with van der Waals surface area (Å²) in [5, 5.41) is 13.2. The van der Waals surface area contributed by atoms with E-state index in [1.807, 2.05) is 0 Å². The van der Waals surface area contributed by atoms with E-state index in [1.54, 1.807) is 24.3 Å². The average molecular weight is 353 g/mol. The van der Waals surface area contributed by atoms with Crippen molar-refractivity contribution in [2.75, 3.05) is 11.1 Å². The molecule has 1 N–H and O–H groups in total. The lowest BCUT2D eigenvalue weighted by molar-refractivity contribution is 0.600. The smallest absolute Gasteiger partial charge is 0.179 e. The fourth-order valence-electron chi connectivity index (χ4n) is 3.11. The van der Waals surface area contributed by atoms with Crippen molar-refractivity contribution < 1.29 is 12.8 Å². The molecule has 0 saturated heterocycles. The second-order valence-electron chi connectivity index (χ2n) is 5.80. The molecule has 1 aliphatic heterocycles. The Kier molecular flexibility index (Phi) is 3.44. The number of anilines is 2. The molecular weight excluding hydrogens is 341 g/mol. The summed E-state index contributed by atoms with van der Waals surface area (Å²) in [4.78, 5) is 4.57. The Morgan fingerprint density at radius 2 is 1.92 bits per heavy atom. The van der Waals surface area contributed by atoms with Crippen molar-refractivity contribution in [3.63, 3.8) is 0 Å². The predicted molar refractivity (Wildman–Crippen MR) is 91.9 cm³/mol.